The Hall–Kier alpha value is -0.390. The second-order valence-electron chi connectivity index (χ2n) is 2.65. The smallest absolute Gasteiger partial charge is 0.257 e. The Labute approximate surface area is 92.8 Å². The van der Waals surface area contributed by atoms with Crippen LogP contribution in [0.5, 0.6) is 5.75 Å². The highest BCUT2D eigenvalue weighted by molar-refractivity contribution is 9.10. The minimum atomic E-state index is -2.75. The molecule has 0 aliphatic rings. The lowest BCUT2D eigenvalue weighted by Crippen LogP contribution is -2.19. The van der Waals surface area contributed by atoms with Crippen LogP contribution in [0.3, 0.4) is 0 Å². The van der Waals surface area contributed by atoms with Crippen molar-refractivity contribution in [2.24, 2.45) is 5.73 Å². The molecule has 0 aromatic heterocycles. The van der Waals surface area contributed by atoms with Crippen molar-refractivity contribution in [2.45, 2.75) is 12.5 Å². The van der Waals surface area contributed by atoms with Crippen LogP contribution in [0.4, 0.5) is 8.78 Å². The van der Waals surface area contributed by atoms with Crippen LogP contribution in [-0.4, -0.2) is 11.5 Å². The van der Waals surface area contributed by atoms with Gasteiger partial charge in [0.2, 0.25) is 0 Å². The van der Waals surface area contributed by atoms with Crippen LogP contribution in [0.25, 0.3) is 0 Å². The highest BCUT2D eigenvalue weighted by Crippen LogP contribution is 2.38. The van der Waals surface area contributed by atoms with E-state index in [1.165, 1.54) is 12.1 Å². The largest absolute Gasteiger partial charge is 0.506 e. The zero-order chi connectivity index (χ0) is 10.9. The molecule has 0 saturated heterocycles. The molecule has 0 saturated carbocycles. The molecule has 0 aliphatic heterocycles. The van der Waals surface area contributed by atoms with Gasteiger partial charge in [-0.15, -0.1) is 0 Å². The van der Waals surface area contributed by atoms with Crippen LogP contribution in [0, 0.1) is 0 Å². The summed E-state index contributed by atoms with van der Waals surface area (Å²) in [6.45, 7) is 0. The second kappa shape index (κ2) is 4.42. The molecule has 0 bridgehead atoms. The lowest BCUT2D eigenvalue weighted by molar-refractivity contribution is 0.115. The average molecular weight is 287 g/mol. The van der Waals surface area contributed by atoms with Gasteiger partial charge in [-0.1, -0.05) is 27.5 Å². The maximum Gasteiger partial charge on any atom is 0.257 e. The van der Waals surface area contributed by atoms with E-state index in [2.05, 4.69) is 15.9 Å². The number of aromatic hydroxyl groups is 1. The molecule has 0 radical (unpaired) electrons. The highest BCUT2D eigenvalue weighted by Gasteiger charge is 2.24. The molecular formula is C8H7BrClF2NO. The number of phenols is 1. The molecule has 0 amide bonds. The molecule has 1 rings (SSSR count). The minimum Gasteiger partial charge on any atom is -0.506 e. The first-order chi connectivity index (χ1) is 6.45. The molecule has 2 nitrogen and oxygen atoms in total. The fourth-order valence-electron chi connectivity index (χ4n) is 1.000. The standard InChI is InChI=1S/C8H7BrClF2NO/c9-3-1-2-4(10)7(14)5(3)6(13)8(11)12/h1-2,6,8,14H,13H2. The number of benzene rings is 1. The van der Waals surface area contributed by atoms with E-state index >= 15 is 0 Å². The molecule has 14 heavy (non-hydrogen) atoms. The quantitative estimate of drug-likeness (QED) is 0.877. The van der Waals surface area contributed by atoms with Gasteiger partial charge in [-0.2, -0.15) is 0 Å². The van der Waals surface area contributed by atoms with Crippen molar-refractivity contribution in [3.05, 3.63) is 27.2 Å². The van der Waals surface area contributed by atoms with E-state index < -0.39 is 18.2 Å². The molecule has 0 spiro atoms. The van der Waals surface area contributed by atoms with E-state index in [9.17, 15) is 13.9 Å². The summed E-state index contributed by atoms with van der Waals surface area (Å²) in [5.74, 6) is -0.408. The molecule has 1 aromatic rings. The third-order valence-corrected chi connectivity index (χ3v) is 2.72. The van der Waals surface area contributed by atoms with E-state index in [4.69, 9.17) is 17.3 Å². The van der Waals surface area contributed by atoms with Gasteiger partial charge in [0.05, 0.1) is 11.1 Å². The Kier molecular flexibility index (Phi) is 3.69. The zero-order valence-electron chi connectivity index (χ0n) is 6.85. The Morgan fingerprint density at radius 2 is 2.00 bits per heavy atom. The van der Waals surface area contributed by atoms with Crippen molar-refractivity contribution < 1.29 is 13.9 Å². The predicted octanol–water partition coefficient (Wildman–Crippen LogP) is 3.07. The second-order valence-corrected chi connectivity index (χ2v) is 3.91. The normalized spacial score (nSPS) is 13.3. The van der Waals surface area contributed by atoms with Gasteiger partial charge in [0.25, 0.3) is 6.43 Å². The van der Waals surface area contributed by atoms with E-state index in [1.807, 2.05) is 0 Å². The first-order valence-electron chi connectivity index (χ1n) is 3.65. The van der Waals surface area contributed by atoms with Gasteiger partial charge >= 0.3 is 0 Å². The van der Waals surface area contributed by atoms with Gasteiger partial charge in [0, 0.05) is 10.0 Å². The Morgan fingerprint density at radius 1 is 1.43 bits per heavy atom. The lowest BCUT2D eigenvalue weighted by atomic mass is 10.1. The SMILES string of the molecule is NC(c1c(Br)ccc(Cl)c1O)C(F)F. The first-order valence-corrected chi connectivity index (χ1v) is 4.82. The maximum atomic E-state index is 12.3. The Morgan fingerprint density at radius 3 is 2.50 bits per heavy atom. The van der Waals surface area contributed by atoms with E-state index in [0.717, 1.165) is 0 Å². The summed E-state index contributed by atoms with van der Waals surface area (Å²) in [6, 6.07) is 1.30. The van der Waals surface area contributed by atoms with Gasteiger partial charge < -0.3 is 10.8 Å². The lowest BCUT2D eigenvalue weighted by Gasteiger charge is -2.15. The molecule has 1 aromatic carbocycles. The van der Waals surface area contributed by atoms with Gasteiger partial charge in [-0.25, -0.2) is 8.78 Å². The summed E-state index contributed by atoms with van der Waals surface area (Å²) >= 11 is 8.58. The molecule has 6 heteroatoms. The van der Waals surface area contributed by atoms with Crippen molar-refractivity contribution in [1.29, 1.82) is 0 Å². The zero-order valence-corrected chi connectivity index (χ0v) is 9.19. The van der Waals surface area contributed by atoms with E-state index in [1.54, 1.807) is 0 Å². The van der Waals surface area contributed by atoms with Crippen LogP contribution in [0.15, 0.2) is 16.6 Å². The van der Waals surface area contributed by atoms with Gasteiger partial charge in [-0.3, -0.25) is 0 Å². The van der Waals surface area contributed by atoms with E-state index in [0.29, 0.717) is 4.47 Å². The molecule has 1 unspecified atom stereocenters. The van der Waals surface area contributed by atoms with E-state index in [-0.39, 0.29) is 10.6 Å². The van der Waals surface area contributed by atoms with Gasteiger partial charge in [0.1, 0.15) is 5.75 Å². The number of nitrogens with two attached hydrogens (primary N) is 1. The third-order valence-electron chi connectivity index (χ3n) is 1.72. The number of halogens is 4. The molecule has 0 fully saturated rings. The maximum absolute atomic E-state index is 12.3. The van der Waals surface area contributed by atoms with Crippen molar-refractivity contribution >= 4 is 27.5 Å². The predicted molar refractivity (Wildman–Crippen MR) is 53.7 cm³/mol. The van der Waals surface area contributed by atoms with Gasteiger partial charge in [-0.05, 0) is 12.1 Å². The average Bonchev–Trinajstić information content (AvgIpc) is 2.12. The molecule has 0 heterocycles. The third kappa shape index (κ3) is 2.16. The molecular weight excluding hydrogens is 279 g/mol. The van der Waals surface area contributed by atoms with Crippen LogP contribution in [-0.2, 0) is 0 Å². The van der Waals surface area contributed by atoms with Gasteiger partial charge in [0.15, 0.2) is 0 Å². The summed E-state index contributed by atoms with van der Waals surface area (Å²) in [7, 11) is 0. The fourth-order valence-corrected chi connectivity index (χ4v) is 1.75. The Bertz CT molecular complexity index is 348. The molecule has 0 aliphatic carbocycles. The summed E-state index contributed by atoms with van der Waals surface area (Å²) in [6.07, 6.45) is -2.75. The molecule has 78 valence electrons. The van der Waals surface area contributed by atoms with Crippen LogP contribution >= 0.6 is 27.5 Å². The number of hydrogen-bond acceptors (Lipinski definition) is 2. The topological polar surface area (TPSA) is 46.2 Å². The number of alkyl halides is 2. The summed E-state index contributed by atoms with van der Waals surface area (Å²) in [4.78, 5) is 0. The van der Waals surface area contributed by atoms with Crippen molar-refractivity contribution in [3.63, 3.8) is 0 Å². The first kappa shape index (κ1) is 11.7. The highest BCUT2D eigenvalue weighted by atomic mass is 79.9. The van der Waals surface area contributed by atoms with Crippen LogP contribution < -0.4 is 5.73 Å². The fraction of sp³-hybridized carbons (Fsp3) is 0.250. The molecule has 3 N–H and O–H groups in total. The van der Waals surface area contributed by atoms with Crippen molar-refractivity contribution in [3.8, 4) is 5.75 Å². The monoisotopic (exact) mass is 285 g/mol. The van der Waals surface area contributed by atoms with Crippen LogP contribution in [0.1, 0.15) is 11.6 Å². The summed E-state index contributed by atoms with van der Waals surface area (Å²) in [5.41, 5.74) is 5.13. The summed E-state index contributed by atoms with van der Waals surface area (Å²) in [5, 5.41) is 9.42. The Balaban J connectivity index is 3.25. The minimum absolute atomic E-state index is 0.000648. The van der Waals surface area contributed by atoms with Crippen molar-refractivity contribution in [1.82, 2.24) is 0 Å². The van der Waals surface area contributed by atoms with Crippen molar-refractivity contribution in [2.75, 3.05) is 0 Å². The molecule has 1 atom stereocenters. The van der Waals surface area contributed by atoms with Crippen LogP contribution in [0.2, 0.25) is 5.02 Å². The number of rotatable bonds is 2. The summed E-state index contributed by atoms with van der Waals surface area (Å²) < 4.78 is 24.9. The number of hydrogen-bond donors (Lipinski definition) is 2. The number of phenolic OH excluding ortho intramolecular Hbond substituents is 1.